The molecule has 2 aliphatic heterocycles. The minimum atomic E-state index is -3.11. The molecule has 3 aliphatic rings. The molecule has 0 unspecified atom stereocenters. The van der Waals surface area contributed by atoms with E-state index >= 15 is 0 Å². The zero-order chi connectivity index (χ0) is 24.4. The third-order valence-electron chi connectivity index (χ3n) is 7.65. The fourth-order valence-electron chi connectivity index (χ4n) is 5.76. The Morgan fingerprint density at radius 2 is 1.89 bits per heavy atom. The molecule has 9 nitrogen and oxygen atoms in total. The number of nitrogens with two attached hydrogens (primary N) is 2. The first-order valence-corrected chi connectivity index (χ1v) is 11.7. The van der Waals surface area contributed by atoms with E-state index < -0.39 is 24.9 Å². The minimum Gasteiger partial charge on any atom is -0.382 e. The van der Waals surface area contributed by atoms with Crippen LogP contribution in [0.25, 0.3) is 0 Å². The molecular formula is C24H26F2N8O. The number of alkyl halides is 2. The van der Waals surface area contributed by atoms with Crippen molar-refractivity contribution in [1.29, 1.82) is 0 Å². The quantitative estimate of drug-likeness (QED) is 0.578. The van der Waals surface area contributed by atoms with Gasteiger partial charge in [-0.2, -0.15) is 5.10 Å². The summed E-state index contributed by atoms with van der Waals surface area (Å²) < 4.78 is 29.5. The number of nitrogen functional groups attached to an aromatic ring is 1. The van der Waals surface area contributed by atoms with Crippen molar-refractivity contribution in [3.8, 4) is 0 Å². The maximum Gasteiger partial charge on any atom is 0.285 e. The predicted octanol–water partition coefficient (Wildman–Crippen LogP) is 2.39. The first-order valence-electron chi connectivity index (χ1n) is 11.7. The molecule has 1 atom stereocenters. The molecule has 0 bridgehead atoms. The largest absolute Gasteiger partial charge is 0.382 e. The van der Waals surface area contributed by atoms with E-state index in [0.29, 0.717) is 5.82 Å². The Morgan fingerprint density at radius 1 is 1.11 bits per heavy atom. The van der Waals surface area contributed by atoms with Crippen LogP contribution >= 0.6 is 0 Å². The first-order chi connectivity index (χ1) is 16.8. The summed E-state index contributed by atoms with van der Waals surface area (Å²) in [6, 6.07) is 9.89. The Balaban J connectivity index is 1.19. The molecule has 0 radical (unpaired) electrons. The van der Waals surface area contributed by atoms with Crippen LogP contribution in [0.4, 0.5) is 26.2 Å². The van der Waals surface area contributed by atoms with Gasteiger partial charge in [0.05, 0.1) is 18.9 Å². The first kappa shape index (κ1) is 21.9. The average molecular weight is 481 g/mol. The highest BCUT2D eigenvalue weighted by atomic mass is 19.3. The standard InChI is InChI=1S/C24H26F2N8O/c25-24(26)13-33(18-5-8-30-34(18)14-24)22(35)19-21(28)31-17(12-29-19)32-9-6-23(7-10-32)11-15-3-1-2-4-16(15)20(23)27/h1-5,8,12,20H,6-7,9-11,13-14,27H2,(H2,28,31)/t20-/m1/s1. The van der Waals surface area contributed by atoms with Crippen molar-refractivity contribution in [1.82, 2.24) is 19.7 Å². The second-order valence-electron chi connectivity index (χ2n) is 9.76. The number of carbonyl (C=O) groups excluding carboxylic acids is 1. The van der Waals surface area contributed by atoms with Crippen LogP contribution in [-0.2, 0) is 13.0 Å². The summed E-state index contributed by atoms with van der Waals surface area (Å²) in [7, 11) is 0. The van der Waals surface area contributed by atoms with Gasteiger partial charge in [0.2, 0.25) is 0 Å². The highest BCUT2D eigenvalue weighted by Crippen LogP contribution is 2.50. The van der Waals surface area contributed by atoms with Crippen molar-refractivity contribution < 1.29 is 13.6 Å². The van der Waals surface area contributed by atoms with Crippen LogP contribution in [0.3, 0.4) is 0 Å². The lowest BCUT2D eigenvalue weighted by molar-refractivity contribution is -0.0186. The Labute approximate surface area is 200 Å². The van der Waals surface area contributed by atoms with Crippen LogP contribution < -0.4 is 21.3 Å². The normalized spacial score (nSPS) is 22.2. The van der Waals surface area contributed by atoms with Crippen molar-refractivity contribution in [2.75, 3.05) is 35.2 Å². The predicted molar refractivity (Wildman–Crippen MR) is 126 cm³/mol. The van der Waals surface area contributed by atoms with Gasteiger partial charge in [0.25, 0.3) is 11.8 Å². The number of nitrogens with zero attached hydrogens (tertiary/aromatic N) is 6. The van der Waals surface area contributed by atoms with E-state index in [1.807, 2.05) is 6.07 Å². The molecule has 1 spiro atoms. The SMILES string of the molecule is Nc1nc(N2CCC3(CC2)Cc2ccccc2[C@H]3N)cnc1C(=O)N1CC(F)(F)Cn2nccc21. The number of amides is 1. The maximum atomic E-state index is 14.2. The summed E-state index contributed by atoms with van der Waals surface area (Å²) in [5.41, 5.74) is 15.2. The van der Waals surface area contributed by atoms with E-state index in [9.17, 15) is 13.6 Å². The topological polar surface area (TPSA) is 119 Å². The molecule has 35 heavy (non-hydrogen) atoms. The maximum absolute atomic E-state index is 14.2. The van der Waals surface area contributed by atoms with Gasteiger partial charge in [0, 0.05) is 25.2 Å². The molecule has 182 valence electrons. The average Bonchev–Trinajstić information content (AvgIpc) is 3.40. The number of anilines is 3. The van der Waals surface area contributed by atoms with Gasteiger partial charge in [-0.3, -0.25) is 9.69 Å². The molecule has 1 saturated heterocycles. The second kappa shape index (κ2) is 7.70. The fraction of sp³-hybridized carbons (Fsp3) is 0.417. The van der Waals surface area contributed by atoms with E-state index in [0.717, 1.165) is 41.9 Å². The monoisotopic (exact) mass is 480 g/mol. The Kier molecular flexibility index (Phi) is 4.82. The molecule has 4 N–H and O–H groups in total. The lowest BCUT2D eigenvalue weighted by atomic mass is 9.73. The van der Waals surface area contributed by atoms with Gasteiger partial charge in [-0.05, 0) is 35.8 Å². The van der Waals surface area contributed by atoms with E-state index in [1.165, 1.54) is 29.6 Å². The van der Waals surface area contributed by atoms with E-state index in [2.05, 4.69) is 38.2 Å². The molecule has 1 aromatic carbocycles. The number of fused-ring (bicyclic) bond motifs is 2. The van der Waals surface area contributed by atoms with Gasteiger partial charge < -0.3 is 16.4 Å². The van der Waals surface area contributed by atoms with Gasteiger partial charge in [0.1, 0.15) is 18.2 Å². The Bertz CT molecular complexity index is 1300. The van der Waals surface area contributed by atoms with Crippen molar-refractivity contribution in [2.24, 2.45) is 11.1 Å². The van der Waals surface area contributed by atoms with Crippen LogP contribution in [0, 0.1) is 5.41 Å². The number of carbonyl (C=O) groups is 1. The van der Waals surface area contributed by atoms with Crippen LogP contribution in [0.5, 0.6) is 0 Å². The third kappa shape index (κ3) is 3.53. The molecule has 6 rings (SSSR count). The molecule has 1 amide bonds. The van der Waals surface area contributed by atoms with Crippen LogP contribution in [0.1, 0.15) is 40.5 Å². The number of aromatic nitrogens is 4. The molecule has 11 heteroatoms. The van der Waals surface area contributed by atoms with Crippen LogP contribution in [0.15, 0.2) is 42.7 Å². The number of piperidine rings is 1. The highest BCUT2D eigenvalue weighted by molar-refractivity contribution is 6.07. The number of hydrogen-bond donors (Lipinski definition) is 2. The van der Waals surface area contributed by atoms with Crippen molar-refractivity contribution in [2.45, 2.75) is 37.8 Å². The van der Waals surface area contributed by atoms with Crippen molar-refractivity contribution in [3.05, 3.63) is 59.5 Å². The zero-order valence-electron chi connectivity index (χ0n) is 19.1. The summed E-state index contributed by atoms with van der Waals surface area (Å²) in [5.74, 6) is -3.08. The molecule has 3 aromatic rings. The summed E-state index contributed by atoms with van der Waals surface area (Å²) >= 11 is 0. The van der Waals surface area contributed by atoms with Crippen molar-refractivity contribution in [3.63, 3.8) is 0 Å². The number of benzene rings is 1. The van der Waals surface area contributed by atoms with Gasteiger partial charge in [-0.15, -0.1) is 0 Å². The molecular weight excluding hydrogens is 454 g/mol. The summed E-state index contributed by atoms with van der Waals surface area (Å²) in [6.45, 7) is 0.128. The molecule has 1 aliphatic carbocycles. The highest BCUT2D eigenvalue weighted by Gasteiger charge is 2.46. The third-order valence-corrected chi connectivity index (χ3v) is 7.65. The molecule has 4 heterocycles. The van der Waals surface area contributed by atoms with Crippen molar-refractivity contribution >= 4 is 23.4 Å². The van der Waals surface area contributed by atoms with E-state index in [4.69, 9.17) is 11.5 Å². The lowest BCUT2D eigenvalue weighted by Gasteiger charge is -2.42. The van der Waals surface area contributed by atoms with Gasteiger partial charge in [0.15, 0.2) is 11.5 Å². The lowest BCUT2D eigenvalue weighted by Crippen LogP contribution is -2.49. The van der Waals surface area contributed by atoms with Crippen LogP contribution in [-0.4, -0.2) is 51.2 Å². The number of hydrogen-bond acceptors (Lipinski definition) is 7. The Hall–Kier alpha value is -3.60. The van der Waals surface area contributed by atoms with Gasteiger partial charge in [-0.1, -0.05) is 24.3 Å². The minimum absolute atomic E-state index is 0.00751. The smallest absolute Gasteiger partial charge is 0.285 e. The summed E-state index contributed by atoms with van der Waals surface area (Å²) in [6.07, 6.45) is 5.64. The summed E-state index contributed by atoms with van der Waals surface area (Å²) in [4.78, 5) is 24.8. The summed E-state index contributed by atoms with van der Waals surface area (Å²) in [5, 5.41) is 3.89. The van der Waals surface area contributed by atoms with E-state index in [1.54, 1.807) is 0 Å². The molecule has 2 aromatic heterocycles. The van der Waals surface area contributed by atoms with Gasteiger partial charge in [-0.25, -0.2) is 23.4 Å². The number of halogens is 2. The molecule has 1 fully saturated rings. The second-order valence-corrected chi connectivity index (χ2v) is 9.76. The molecule has 0 saturated carbocycles. The zero-order valence-corrected chi connectivity index (χ0v) is 19.1. The van der Waals surface area contributed by atoms with Crippen LogP contribution in [0.2, 0.25) is 0 Å². The fourth-order valence-corrected chi connectivity index (χ4v) is 5.76. The Morgan fingerprint density at radius 3 is 2.63 bits per heavy atom. The van der Waals surface area contributed by atoms with E-state index in [-0.39, 0.29) is 28.8 Å². The number of rotatable bonds is 2. The van der Waals surface area contributed by atoms with Gasteiger partial charge >= 0.3 is 0 Å².